The first-order chi connectivity index (χ1) is 12.0. The minimum absolute atomic E-state index is 0.0622. The Kier molecular flexibility index (Phi) is 4.12. The molecule has 1 aliphatic rings. The molecule has 0 aliphatic carbocycles. The standard InChI is InChI=1S/C20H23N3OS/c1-12(2)13-6-7-16-14(10-13)11-15-17(21)18(25-19(15)22-16)20(24)23-8-4-3-5-9-23/h6-7,10-12H,3-5,8-9,21H2,1-2H3. The summed E-state index contributed by atoms with van der Waals surface area (Å²) in [5.74, 6) is 0.531. The lowest BCUT2D eigenvalue weighted by Crippen LogP contribution is -2.35. The molecule has 130 valence electrons. The average Bonchev–Trinajstić information content (AvgIpc) is 2.95. The Morgan fingerprint density at radius 2 is 1.96 bits per heavy atom. The van der Waals surface area contributed by atoms with Gasteiger partial charge in [0.25, 0.3) is 5.91 Å². The van der Waals surface area contributed by atoms with Crippen molar-refractivity contribution in [3.63, 3.8) is 0 Å². The molecule has 0 spiro atoms. The molecule has 25 heavy (non-hydrogen) atoms. The number of carbonyl (C=O) groups is 1. The molecule has 3 heterocycles. The van der Waals surface area contributed by atoms with Crippen LogP contribution in [-0.2, 0) is 0 Å². The van der Waals surface area contributed by atoms with Gasteiger partial charge in [-0.3, -0.25) is 4.79 Å². The highest BCUT2D eigenvalue weighted by atomic mass is 32.1. The lowest BCUT2D eigenvalue weighted by atomic mass is 10.0. The Bertz CT molecular complexity index is 954. The largest absolute Gasteiger partial charge is 0.397 e. The lowest BCUT2D eigenvalue weighted by molar-refractivity contribution is 0.0730. The maximum atomic E-state index is 12.9. The van der Waals surface area contributed by atoms with Gasteiger partial charge in [0.15, 0.2) is 0 Å². The van der Waals surface area contributed by atoms with Crippen LogP contribution in [0.25, 0.3) is 21.1 Å². The van der Waals surface area contributed by atoms with Gasteiger partial charge in [0, 0.05) is 23.9 Å². The summed E-state index contributed by atoms with van der Waals surface area (Å²) in [5.41, 5.74) is 9.18. The number of pyridine rings is 1. The number of nitrogen functional groups attached to an aromatic ring is 1. The molecule has 0 unspecified atom stereocenters. The van der Waals surface area contributed by atoms with Gasteiger partial charge in [-0.25, -0.2) is 4.98 Å². The number of anilines is 1. The smallest absolute Gasteiger partial charge is 0.266 e. The van der Waals surface area contributed by atoms with Crippen LogP contribution in [0.5, 0.6) is 0 Å². The number of amides is 1. The Morgan fingerprint density at radius 1 is 1.20 bits per heavy atom. The van der Waals surface area contributed by atoms with Crippen LogP contribution in [0.4, 0.5) is 5.69 Å². The van der Waals surface area contributed by atoms with E-state index in [9.17, 15) is 4.79 Å². The van der Waals surface area contributed by atoms with Gasteiger partial charge in [-0.05, 0) is 48.9 Å². The summed E-state index contributed by atoms with van der Waals surface area (Å²) in [6.45, 7) is 6.03. The SMILES string of the molecule is CC(C)c1ccc2nc3sc(C(=O)N4CCCCC4)c(N)c3cc2c1. The van der Waals surface area contributed by atoms with Crippen LogP contribution in [-0.4, -0.2) is 28.9 Å². The van der Waals surface area contributed by atoms with Gasteiger partial charge in [-0.1, -0.05) is 19.9 Å². The van der Waals surface area contributed by atoms with Crippen LogP contribution in [0.3, 0.4) is 0 Å². The molecular formula is C20H23N3OS. The van der Waals surface area contributed by atoms with Crippen LogP contribution in [0.2, 0.25) is 0 Å². The Labute approximate surface area is 151 Å². The topological polar surface area (TPSA) is 59.2 Å². The average molecular weight is 353 g/mol. The third-order valence-electron chi connectivity index (χ3n) is 5.04. The Hall–Kier alpha value is -2.14. The predicted octanol–water partition coefficient (Wildman–Crippen LogP) is 4.78. The van der Waals surface area contributed by atoms with Gasteiger partial charge >= 0.3 is 0 Å². The van der Waals surface area contributed by atoms with Gasteiger partial charge in [-0.15, -0.1) is 11.3 Å². The zero-order chi connectivity index (χ0) is 17.6. The van der Waals surface area contributed by atoms with E-state index in [1.807, 2.05) is 4.90 Å². The summed E-state index contributed by atoms with van der Waals surface area (Å²) in [7, 11) is 0. The third kappa shape index (κ3) is 2.86. The van der Waals surface area contributed by atoms with Crippen molar-refractivity contribution < 1.29 is 4.79 Å². The van der Waals surface area contributed by atoms with E-state index in [2.05, 4.69) is 38.1 Å². The summed E-state index contributed by atoms with van der Waals surface area (Å²) < 4.78 is 0. The fourth-order valence-electron chi connectivity index (χ4n) is 3.48. The molecule has 4 nitrogen and oxygen atoms in total. The number of piperidine rings is 1. The molecule has 0 radical (unpaired) electrons. The fourth-order valence-corrected chi connectivity index (χ4v) is 4.53. The van der Waals surface area contributed by atoms with Gasteiger partial charge in [0.1, 0.15) is 9.71 Å². The lowest BCUT2D eigenvalue weighted by Gasteiger charge is -2.26. The number of nitrogens with zero attached hydrogens (tertiary/aromatic N) is 2. The maximum absolute atomic E-state index is 12.9. The molecule has 4 rings (SSSR count). The van der Waals surface area contributed by atoms with Crippen molar-refractivity contribution in [3.05, 3.63) is 34.7 Å². The Balaban J connectivity index is 1.80. The van der Waals surface area contributed by atoms with Crippen LogP contribution < -0.4 is 5.73 Å². The minimum Gasteiger partial charge on any atom is -0.397 e. The number of hydrogen-bond acceptors (Lipinski definition) is 4. The van der Waals surface area contributed by atoms with Crippen molar-refractivity contribution in [2.24, 2.45) is 0 Å². The van der Waals surface area contributed by atoms with Gasteiger partial charge in [0.05, 0.1) is 11.2 Å². The van der Waals surface area contributed by atoms with Crippen molar-refractivity contribution in [2.45, 2.75) is 39.0 Å². The zero-order valence-electron chi connectivity index (χ0n) is 14.7. The molecule has 1 fully saturated rings. The van der Waals surface area contributed by atoms with Crippen molar-refractivity contribution in [3.8, 4) is 0 Å². The molecule has 5 heteroatoms. The third-order valence-corrected chi connectivity index (χ3v) is 6.14. The summed E-state index contributed by atoms with van der Waals surface area (Å²) in [4.78, 5) is 21.0. The number of fused-ring (bicyclic) bond motifs is 2. The first kappa shape index (κ1) is 16.3. The van der Waals surface area contributed by atoms with E-state index >= 15 is 0 Å². The predicted molar refractivity (Wildman–Crippen MR) is 105 cm³/mol. The monoisotopic (exact) mass is 353 g/mol. The second kappa shape index (κ2) is 6.30. The second-order valence-electron chi connectivity index (χ2n) is 7.15. The van der Waals surface area contributed by atoms with E-state index < -0.39 is 0 Å². The number of hydrogen-bond donors (Lipinski definition) is 1. The molecular weight excluding hydrogens is 330 g/mol. The highest BCUT2D eigenvalue weighted by Gasteiger charge is 2.24. The fraction of sp³-hybridized carbons (Fsp3) is 0.400. The van der Waals surface area contributed by atoms with Crippen LogP contribution >= 0.6 is 11.3 Å². The van der Waals surface area contributed by atoms with Crippen molar-refractivity contribution in [2.75, 3.05) is 18.8 Å². The first-order valence-corrected chi connectivity index (χ1v) is 9.78. The molecule has 2 N–H and O–H groups in total. The molecule has 3 aromatic rings. The number of carbonyl (C=O) groups excluding carboxylic acids is 1. The van der Waals surface area contributed by atoms with Crippen molar-refractivity contribution in [1.82, 2.24) is 9.88 Å². The molecule has 0 bridgehead atoms. The van der Waals surface area contributed by atoms with E-state index in [1.54, 1.807) is 0 Å². The molecule has 1 aliphatic heterocycles. The van der Waals surface area contributed by atoms with E-state index in [0.717, 1.165) is 47.1 Å². The highest BCUT2D eigenvalue weighted by molar-refractivity contribution is 7.21. The number of thiophene rings is 1. The number of benzene rings is 1. The summed E-state index contributed by atoms with van der Waals surface area (Å²) in [5, 5.41) is 1.99. The van der Waals surface area contributed by atoms with E-state index in [0.29, 0.717) is 16.5 Å². The molecule has 0 saturated carbocycles. The number of likely N-dealkylation sites (tertiary alicyclic amines) is 1. The number of nitrogens with two attached hydrogens (primary N) is 1. The van der Waals surface area contributed by atoms with E-state index in [4.69, 9.17) is 10.7 Å². The number of rotatable bonds is 2. The molecule has 1 saturated heterocycles. The summed E-state index contributed by atoms with van der Waals surface area (Å²) in [6.07, 6.45) is 3.37. The summed E-state index contributed by atoms with van der Waals surface area (Å²) in [6, 6.07) is 8.45. The highest BCUT2D eigenvalue weighted by Crippen LogP contribution is 2.36. The second-order valence-corrected chi connectivity index (χ2v) is 8.14. The number of aromatic nitrogens is 1. The van der Waals surface area contributed by atoms with Gasteiger partial charge in [0.2, 0.25) is 0 Å². The van der Waals surface area contributed by atoms with Gasteiger partial charge < -0.3 is 10.6 Å². The normalized spacial score (nSPS) is 15.4. The minimum atomic E-state index is 0.0622. The maximum Gasteiger partial charge on any atom is 0.266 e. The van der Waals surface area contributed by atoms with Crippen LogP contribution in [0.15, 0.2) is 24.3 Å². The molecule has 1 amide bonds. The van der Waals surface area contributed by atoms with E-state index in [1.165, 1.54) is 23.3 Å². The first-order valence-electron chi connectivity index (χ1n) is 8.96. The Morgan fingerprint density at radius 3 is 2.68 bits per heavy atom. The quantitative estimate of drug-likeness (QED) is 0.721. The van der Waals surface area contributed by atoms with Gasteiger partial charge in [-0.2, -0.15) is 0 Å². The van der Waals surface area contributed by atoms with Crippen LogP contribution in [0, 0.1) is 0 Å². The molecule has 1 aromatic carbocycles. The van der Waals surface area contributed by atoms with Crippen molar-refractivity contribution >= 4 is 44.1 Å². The molecule has 0 atom stereocenters. The van der Waals surface area contributed by atoms with Crippen molar-refractivity contribution in [1.29, 1.82) is 0 Å². The zero-order valence-corrected chi connectivity index (χ0v) is 15.5. The van der Waals surface area contributed by atoms with E-state index in [-0.39, 0.29) is 5.91 Å². The summed E-state index contributed by atoms with van der Waals surface area (Å²) >= 11 is 1.42. The van der Waals surface area contributed by atoms with Crippen LogP contribution in [0.1, 0.15) is 54.3 Å². The molecule has 2 aromatic heterocycles.